The molecule has 0 aliphatic carbocycles. The molecule has 2 amide bonds. The zero-order valence-electron chi connectivity index (χ0n) is 16.7. The number of hydrogen-bond donors (Lipinski definition) is 2. The van der Waals surface area contributed by atoms with Crippen molar-refractivity contribution in [3.05, 3.63) is 47.2 Å². The van der Waals surface area contributed by atoms with E-state index in [1.807, 2.05) is 42.8 Å². The topological polar surface area (TPSA) is 70.4 Å². The van der Waals surface area contributed by atoms with Crippen molar-refractivity contribution in [2.75, 3.05) is 18.4 Å². The summed E-state index contributed by atoms with van der Waals surface area (Å²) in [5.74, 6) is 0.750. The standard InChI is InChI=1S/C21H30N4O2/c1-5-17(6-2)25-19(16(4)13-22-25)23-20(26)24-12-11-21(27,14-24)18-10-8-7-9-15(18)3/h7-10,13,17,27H,5-6,11-12,14H2,1-4H3,(H,23,26)/t21-/m0/s1. The summed E-state index contributed by atoms with van der Waals surface area (Å²) in [6.45, 7) is 9.01. The molecule has 2 heterocycles. The molecular weight excluding hydrogens is 340 g/mol. The molecule has 1 aliphatic rings. The molecule has 1 saturated heterocycles. The monoisotopic (exact) mass is 370 g/mol. The molecule has 6 heteroatoms. The van der Waals surface area contributed by atoms with Crippen LogP contribution in [0, 0.1) is 13.8 Å². The number of aromatic nitrogens is 2. The Morgan fingerprint density at radius 1 is 1.26 bits per heavy atom. The number of benzene rings is 1. The van der Waals surface area contributed by atoms with E-state index in [0.29, 0.717) is 19.5 Å². The quantitative estimate of drug-likeness (QED) is 0.836. The van der Waals surface area contributed by atoms with Crippen molar-refractivity contribution in [3.63, 3.8) is 0 Å². The third-order valence-corrected chi connectivity index (χ3v) is 5.67. The van der Waals surface area contributed by atoms with Crippen LogP contribution in [-0.4, -0.2) is 38.9 Å². The van der Waals surface area contributed by atoms with Crippen molar-refractivity contribution in [1.29, 1.82) is 0 Å². The van der Waals surface area contributed by atoms with Crippen LogP contribution in [0.15, 0.2) is 30.5 Å². The van der Waals surface area contributed by atoms with Crippen LogP contribution < -0.4 is 5.32 Å². The van der Waals surface area contributed by atoms with Gasteiger partial charge in [-0.3, -0.25) is 5.32 Å². The maximum absolute atomic E-state index is 12.9. The van der Waals surface area contributed by atoms with E-state index >= 15 is 0 Å². The normalized spacial score (nSPS) is 19.7. The smallest absolute Gasteiger partial charge is 0.323 e. The van der Waals surface area contributed by atoms with E-state index in [2.05, 4.69) is 24.3 Å². The van der Waals surface area contributed by atoms with Crippen molar-refractivity contribution in [1.82, 2.24) is 14.7 Å². The molecule has 2 N–H and O–H groups in total. The third kappa shape index (κ3) is 3.72. The summed E-state index contributed by atoms with van der Waals surface area (Å²) >= 11 is 0. The largest absolute Gasteiger partial charge is 0.383 e. The maximum Gasteiger partial charge on any atom is 0.323 e. The highest BCUT2D eigenvalue weighted by molar-refractivity contribution is 5.89. The number of aliphatic hydroxyl groups is 1. The predicted octanol–water partition coefficient (Wildman–Crippen LogP) is 3.99. The number of hydrogen-bond acceptors (Lipinski definition) is 3. The molecule has 0 saturated carbocycles. The summed E-state index contributed by atoms with van der Waals surface area (Å²) in [6.07, 6.45) is 4.24. The fraction of sp³-hybridized carbons (Fsp3) is 0.524. The second-order valence-electron chi connectivity index (χ2n) is 7.54. The van der Waals surface area contributed by atoms with E-state index in [-0.39, 0.29) is 12.1 Å². The molecule has 1 aromatic carbocycles. The van der Waals surface area contributed by atoms with Gasteiger partial charge in [0.2, 0.25) is 0 Å². The predicted molar refractivity (Wildman–Crippen MR) is 107 cm³/mol. The molecule has 1 fully saturated rings. The van der Waals surface area contributed by atoms with Gasteiger partial charge in [-0.05, 0) is 44.2 Å². The molecule has 1 aromatic heterocycles. The summed E-state index contributed by atoms with van der Waals surface area (Å²) in [5, 5.41) is 18.6. The van der Waals surface area contributed by atoms with Crippen LogP contribution in [0.1, 0.15) is 55.8 Å². The minimum absolute atomic E-state index is 0.185. The van der Waals surface area contributed by atoms with Gasteiger partial charge in [0.05, 0.1) is 18.8 Å². The number of amides is 2. The van der Waals surface area contributed by atoms with E-state index in [1.165, 1.54) is 0 Å². The summed E-state index contributed by atoms with van der Waals surface area (Å²) in [5.41, 5.74) is 1.90. The first-order valence-electron chi connectivity index (χ1n) is 9.78. The summed E-state index contributed by atoms with van der Waals surface area (Å²) in [7, 11) is 0. The van der Waals surface area contributed by atoms with Crippen LogP contribution >= 0.6 is 0 Å². The van der Waals surface area contributed by atoms with Gasteiger partial charge in [-0.1, -0.05) is 38.1 Å². The van der Waals surface area contributed by atoms with Gasteiger partial charge in [0.25, 0.3) is 0 Å². The molecule has 0 radical (unpaired) electrons. The number of aryl methyl sites for hydroxylation is 2. The number of rotatable bonds is 5. The van der Waals surface area contributed by atoms with Crippen LogP contribution in [0.3, 0.4) is 0 Å². The van der Waals surface area contributed by atoms with E-state index in [9.17, 15) is 9.90 Å². The first-order chi connectivity index (χ1) is 12.9. The van der Waals surface area contributed by atoms with Gasteiger partial charge in [0.15, 0.2) is 0 Å². The molecule has 6 nitrogen and oxygen atoms in total. The second kappa shape index (κ2) is 7.72. The Balaban J connectivity index is 1.76. The van der Waals surface area contributed by atoms with Crippen molar-refractivity contribution in [2.24, 2.45) is 0 Å². The second-order valence-corrected chi connectivity index (χ2v) is 7.54. The highest BCUT2D eigenvalue weighted by atomic mass is 16.3. The number of likely N-dealkylation sites (tertiary alicyclic amines) is 1. The number of nitrogens with zero attached hydrogens (tertiary/aromatic N) is 3. The van der Waals surface area contributed by atoms with Crippen molar-refractivity contribution < 1.29 is 9.90 Å². The number of anilines is 1. The molecule has 0 bridgehead atoms. The Bertz CT molecular complexity index is 812. The molecule has 1 aliphatic heterocycles. The Morgan fingerprint density at radius 2 is 1.96 bits per heavy atom. The third-order valence-electron chi connectivity index (χ3n) is 5.67. The van der Waals surface area contributed by atoms with Gasteiger partial charge in [0.1, 0.15) is 11.4 Å². The lowest BCUT2D eigenvalue weighted by atomic mass is 9.89. The van der Waals surface area contributed by atoms with Gasteiger partial charge in [-0.15, -0.1) is 0 Å². The molecule has 0 spiro atoms. The zero-order chi connectivity index (χ0) is 19.6. The summed E-state index contributed by atoms with van der Waals surface area (Å²) in [4.78, 5) is 14.6. The number of carbonyl (C=O) groups is 1. The van der Waals surface area contributed by atoms with Crippen molar-refractivity contribution in [2.45, 2.75) is 58.6 Å². The summed E-state index contributed by atoms with van der Waals surface area (Å²) < 4.78 is 1.91. The first kappa shape index (κ1) is 19.4. The lowest BCUT2D eigenvalue weighted by molar-refractivity contribution is 0.0494. The Kier molecular flexibility index (Phi) is 5.56. The average Bonchev–Trinajstić information content (AvgIpc) is 3.22. The molecule has 27 heavy (non-hydrogen) atoms. The SMILES string of the molecule is CCC(CC)n1ncc(C)c1NC(=O)N1CC[C@@](O)(c2ccccc2C)C1. The van der Waals surface area contributed by atoms with Gasteiger partial charge >= 0.3 is 6.03 Å². The van der Waals surface area contributed by atoms with Crippen LogP contribution in [0.5, 0.6) is 0 Å². The Morgan fingerprint density at radius 3 is 2.63 bits per heavy atom. The highest BCUT2D eigenvalue weighted by Crippen LogP contribution is 2.34. The van der Waals surface area contributed by atoms with Crippen LogP contribution in [0.2, 0.25) is 0 Å². The van der Waals surface area contributed by atoms with Crippen LogP contribution in [0.4, 0.5) is 10.6 Å². The Hall–Kier alpha value is -2.34. The zero-order valence-corrected chi connectivity index (χ0v) is 16.7. The first-order valence-corrected chi connectivity index (χ1v) is 9.78. The molecule has 1 atom stereocenters. The minimum Gasteiger partial charge on any atom is -0.383 e. The van der Waals surface area contributed by atoms with Crippen LogP contribution in [-0.2, 0) is 5.60 Å². The fourth-order valence-electron chi connectivity index (χ4n) is 3.98. The maximum atomic E-state index is 12.9. The van der Waals surface area contributed by atoms with E-state index < -0.39 is 5.60 Å². The van der Waals surface area contributed by atoms with E-state index in [0.717, 1.165) is 35.3 Å². The van der Waals surface area contributed by atoms with Crippen LogP contribution in [0.25, 0.3) is 0 Å². The number of β-amino-alcohol motifs (C(OH)–C–C–N with tert-alkyl or cyclic N) is 1. The lowest BCUT2D eigenvalue weighted by Gasteiger charge is -2.26. The fourth-order valence-corrected chi connectivity index (χ4v) is 3.98. The van der Waals surface area contributed by atoms with Gasteiger partial charge in [-0.2, -0.15) is 5.10 Å². The molecule has 2 aromatic rings. The molecular formula is C21H30N4O2. The average molecular weight is 370 g/mol. The minimum atomic E-state index is -0.993. The number of urea groups is 1. The lowest BCUT2D eigenvalue weighted by Crippen LogP contribution is -2.37. The van der Waals surface area contributed by atoms with E-state index in [4.69, 9.17) is 0 Å². The highest BCUT2D eigenvalue weighted by Gasteiger charge is 2.40. The van der Waals surface area contributed by atoms with Crippen molar-refractivity contribution >= 4 is 11.8 Å². The van der Waals surface area contributed by atoms with Gasteiger partial charge in [-0.25, -0.2) is 9.48 Å². The molecule has 146 valence electrons. The van der Waals surface area contributed by atoms with Crippen molar-refractivity contribution in [3.8, 4) is 0 Å². The van der Waals surface area contributed by atoms with Gasteiger partial charge < -0.3 is 10.0 Å². The molecule has 3 rings (SSSR count). The number of nitrogens with one attached hydrogen (secondary N) is 1. The summed E-state index contributed by atoms with van der Waals surface area (Å²) in [6, 6.07) is 7.91. The Labute approximate surface area is 161 Å². The molecule has 0 unspecified atom stereocenters. The van der Waals surface area contributed by atoms with Gasteiger partial charge in [0, 0.05) is 12.1 Å². The van der Waals surface area contributed by atoms with E-state index in [1.54, 1.807) is 11.1 Å². The number of carbonyl (C=O) groups excluding carboxylic acids is 1.